The number of hydrogen-bond acceptors (Lipinski definition) is 4. The maximum atomic E-state index is 6.03. The summed E-state index contributed by atoms with van der Waals surface area (Å²) >= 11 is 6.03. The van der Waals surface area contributed by atoms with Crippen LogP contribution in [0.15, 0.2) is 24.4 Å². The van der Waals surface area contributed by atoms with Crippen molar-refractivity contribution in [2.24, 2.45) is 5.92 Å². The normalized spacial score (nSPS) is 19.8. The van der Waals surface area contributed by atoms with E-state index in [4.69, 9.17) is 16.6 Å². The topological polar surface area (TPSA) is 41.1 Å². The molecular formula is C15H19ClN4. The lowest BCUT2D eigenvalue weighted by atomic mass is 10.0. The zero-order valence-electron chi connectivity index (χ0n) is 11.8. The number of hydrogen-bond donors (Lipinski definition) is 1. The maximum absolute atomic E-state index is 6.03. The molecule has 0 radical (unpaired) electrons. The van der Waals surface area contributed by atoms with Gasteiger partial charge in [-0.2, -0.15) is 0 Å². The molecule has 2 aromatic rings. The molecule has 4 nitrogen and oxygen atoms in total. The smallest absolute Gasteiger partial charge is 0.147 e. The molecule has 1 fully saturated rings. The standard InChI is InChI=1S/C15H19ClN4/c1-10(2)14-9-20(6-5-17-14)15-8-18-12-4-3-11(16)7-13(12)19-15/h3-4,7-8,10,14,17H,5-6,9H2,1-2H3. The molecule has 1 atom stereocenters. The quantitative estimate of drug-likeness (QED) is 0.923. The van der Waals surface area contributed by atoms with Gasteiger partial charge in [-0.05, 0) is 24.1 Å². The Hall–Kier alpha value is -1.39. The van der Waals surface area contributed by atoms with Crippen LogP contribution in [0.5, 0.6) is 0 Å². The Balaban J connectivity index is 1.89. The molecule has 1 saturated heterocycles. The van der Waals surface area contributed by atoms with Gasteiger partial charge in [0.15, 0.2) is 0 Å². The molecule has 20 heavy (non-hydrogen) atoms. The van der Waals surface area contributed by atoms with Crippen molar-refractivity contribution in [1.82, 2.24) is 15.3 Å². The number of nitrogens with zero attached hydrogens (tertiary/aromatic N) is 3. The molecule has 1 aromatic heterocycles. The first-order valence-corrected chi connectivity index (χ1v) is 7.42. The monoisotopic (exact) mass is 290 g/mol. The Kier molecular flexibility index (Phi) is 3.76. The third kappa shape index (κ3) is 2.72. The van der Waals surface area contributed by atoms with Crippen LogP contribution >= 0.6 is 11.6 Å². The summed E-state index contributed by atoms with van der Waals surface area (Å²) < 4.78 is 0. The number of benzene rings is 1. The molecule has 1 unspecified atom stereocenters. The van der Waals surface area contributed by atoms with E-state index < -0.39 is 0 Å². The van der Waals surface area contributed by atoms with Gasteiger partial charge in [0.05, 0.1) is 17.2 Å². The van der Waals surface area contributed by atoms with Crippen molar-refractivity contribution in [2.45, 2.75) is 19.9 Å². The molecule has 3 rings (SSSR count). The van der Waals surface area contributed by atoms with Gasteiger partial charge in [-0.1, -0.05) is 25.4 Å². The van der Waals surface area contributed by atoms with Crippen LogP contribution in [0.1, 0.15) is 13.8 Å². The second kappa shape index (κ2) is 5.54. The zero-order valence-corrected chi connectivity index (χ0v) is 12.6. The molecule has 0 amide bonds. The van der Waals surface area contributed by atoms with E-state index in [0.29, 0.717) is 17.0 Å². The Morgan fingerprint density at radius 3 is 3.00 bits per heavy atom. The van der Waals surface area contributed by atoms with Crippen LogP contribution in [-0.4, -0.2) is 35.6 Å². The van der Waals surface area contributed by atoms with Crippen molar-refractivity contribution in [1.29, 1.82) is 0 Å². The van der Waals surface area contributed by atoms with Gasteiger partial charge in [0, 0.05) is 30.7 Å². The molecule has 0 spiro atoms. The molecule has 1 aromatic carbocycles. The molecule has 1 N–H and O–H groups in total. The van der Waals surface area contributed by atoms with E-state index >= 15 is 0 Å². The molecule has 0 saturated carbocycles. The van der Waals surface area contributed by atoms with E-state index in [1.165, 1.54) is 0 Å². The van der Waals surface area contributed by atoms with Crippen LogP contribution in [0.25, 0.3) is 11.0 Å². The van der Waals surface area contributed by atoms with Gasteiger partial charge in [0.25, 0.3) is 0 Å². The van der Waals surface area contributed by atoms with E-state index in [2.05, 4.69) is 29.0 Å². The van der Waals surface area contributed by atoms with Crippen LogP contribution in [0.2, 0.25) is 5.02 Å². The number of rotatable bonds is 2. The number of nitrogens with one attached hydrogen (secondary N) is 1. The van der Waals surface area contributed by atoms with Gasteiger partial charge in [-0.25, -0.2) is 4.98 Å². The first-order valence-electron chi connectivity index (χ1n) is 7.04. The summed E-state index contributed by atoms with van der Waals surface area (Å²) in [5, 5.41) is 4.25. The lowest BCUT2D eigenvalue weighted by Gasteiger charge is -2.36. The summed E-state index contributed by atoms with van der Waals surface area (Å²) in [6, 6.07) is 6.12. The molecule has 0 bridgehead atoms. The summed E-state index contributed by atoms with van der Waals surface area (Å²) in [5.41, 5.74) is 1.74. The first-order chi connectivity index (χ1) is 9.63. The fourth-order valence-electron chi connectivity index (χ4n) is 2.56. The van der Waals surface area contributed by atoms with Gasteiger partial charge < -0.3 is 10.2 Å². The highest BCUT2D eigenvalue weighted by atomic mass is 35.5. The van der Waals surface area contributed by atoms with Crippen LogP contribution < -0.4 is 10.2 Å². The number of piperazine rings is 1. The largest absolute Gasteiger partial charge is 0.352 e. The SMILES string of the molecule is CC(C)C1CN(c2cnc3ccc(Cl)cc3n2)CCN1. The van der Waals surface area contributed by atoms with Gasteiger partial charge in [-0.3, -0.25) is 4.98 Å². The Morgan fingerprint density at radius 2 is 2.20 bits per heavy atom. The lowest BCUT2D eigenvalue weighted by molar-refractivity contribution is 0.367. The fraction of sp³-hybridized carbons (Fsp3) is 0.467. The average molecular weight is 291 g/mol. The maximum Gasteiger partial charge on any atom is 0.147 e. The summed E-state index contributed by atoms with van der Waals surface area (Å²) in [5.74, 6) is 1.55. The van der Waals surface area contributed by atoms with Crippen molar-refractivity contribution in [3.63, 3.8) is 0 Å². The van der Waals surface area contributed by atoms with Crippen molar-refractivity contribution >= 4 is 28.5 Å². The predicted octanol–water partition coefficient (Wildman–Crippen LogP) is 2.72. The van der Waals surface area contributed by atoms with Crippen molar-refractivity contribution in [2.75, 3.05) is 24.5 Å². The third-order valence-electron chi connectivity index (χ3n) is 3.83. The van der Waals surface area contributed by atoms with Crippen LogP contribution in [0, 0.1) is 5.92 Å². The summed E-state index contributed by atoms with van der Waals surface area (Å²) in [7, 11) is 0. The molecule has 0 aliphatic carbocycles. The second-order valence-electron chi connectivity index (χ2n) is 5.61. The lowest BCUT2D eigenvalue weighted by Crippen LogP contribution is -2.53. The van der Waals surface area contributed by atoms with Crippen LogP contribution in [0.4, 0.5) is 5.82 Å². The molecule has 1 aliphatic heterocycles. The van der Waals surface area contributed by atoms with Gasteiger partial charge >= 0.3 is 0 Å². The van der Waals surface area contributed by atoms with Crippen LogP contribution in [0.3, 0.4) is 0 Å². The average Bonchev–Trinajstić information content (AvgIpc) is 2.46. The molecule has 106 valence electrons. The highest BCUT2D eigenvalue weighted by molar-refractivity contribution is 6.31. The van der Waals surface area contributed by atoms with Gasteiger partial charge in [0.2, 0.25) is 0 Å². The van der Waals surface area contributed by atoms with Crippen molar-refractivity contribution in [3.8, 4) is 0 Å². The summed E-state index contributed by atoms with van der Waals surface area (Å²) in [6.07, 6.45) is 1.86. The molecule has 5 heteroatoms. The summed E-state index contributed by atoms with van der Waals surface area (Å²) in [4.78, 5) is 11.5. The Morgan fingerprint density at radius 1 is 1.35 bits per heavy atom. The minimum atomic E-state index is 0.501. The van der Waals surface area contributed by atoms with E-state index in [-0.39, 0.29) is 0 Å². The minimum absolute atomic E-state index is 0.501. The molecule has 2 heterocycles. The van der Waals surface area contributed by atoms with E-state index in [1.807, 2.05) is 24.4 Å². The molecular weight excluding hydrogens is 272 g/mol. The van der Waals surface area contributed by atoms with E-state index in [9.17, 15) is 0 Å². The zero-order chi connectivity index (χ0) is 14.1. The highest BCUT2D eigenvalue weighted by Gasteiger charge is 2.22. The second-order valence-corrected chi connectivity index (χ2v) is 6.05. The number of anilines is 1. The van der Waals surface area contributed by atoms with Crippen LogP contribution in [-0.2, 0) is 0 Å². The summed E-state index contributed by atoms with van der Waals surface area (Å²) in [6.45, 7) is 7.40. The minimum Gasteiger partial charge on any atom is -0.352 e. The van der Waals surface area contributed by atoms with Crippen molar-refractivity contribution in [3.05, 3.63) is 29.4 Å². The number of halogens is 1. The van der Waals surface area contributed by atoms with Gasteiger partial charge in [-0.15, -0.1) is 0 Å². The number of aromatic nitrogens is 2. The number of fused-ring (bicyclic) bond motifs is 1. The highest BCUT2D eigenvalue weighted by Crippen LogP contribution is 2.20. The fourth-order valence-corrected chi connectivity index (χ4v) is 2.73. The first kappa shape index (κ1) is 13.6. The van der Waals surface area contributed by atoms with E-state index in [0.717, 1.165) is 36.5 Å². The van der Waals surface area contributed by atoms with Crippen molar-refractivity contribution < 1.29 is 0 Å². The molecule has 1 aliphatic rings. The van der Waals surface area contributed by atoms with Gasteiger partial charge in [0.1, 0.15) is 5.82 Å². The Bertz CT molecular complexity index is 614. The Labute approximate surface area is 124 Å². The predicted molar refractivity (Wildman–Crippen MR) is 83.4 cm³/mol. The van der Waals surface area contributed by atoms with E-state index in [1.54, 1.807) is 0 Å². The third-order valence-corrected chi connectivity index (χ3v) is 4.06.